The minimum absolute atomic E-state index is 0.115. The number of ether oxygens (including phenoxy) is 1. The number of likely N-dealkylation sites (N-methyl/N-ethyl adjacent to an activating group) is 1. The molecule has 19 heavy (non-hydrogen) atoms. The molecule has 2 N–H and O–H groups in total. The van der Waals surface area contributed by atoms with Gasteiger partial charge in [0.15, 0.2) is 0 Å². The van der Waals surface area contributed by atoms with Gasteiger partial charge in [-0.25, -0.2) is 0 Å². The van der Waals surface area contributed by atoms with E-state index in [0.717, 1.165) is 32.5 Å². The molecule has 1 rings (SSSR count). The van der Waals surface area contributed by atoms with Gasteiger partial charge in [0.25, 0.3) is 0 Å². The van der Waals surface area contributed by atoms with Gasteiger partial charge in [-0.3, -0.25) is 0 Å². The third kappa shape index (κ3) is 6.21. The summed E-state index contributed by atoms with van der Waals surface area (Å²) >= 11 is 0. The summed E-state index contributed by atoms with van der Waals surface area (Å²) in [6, 6.07) is 0. The van der Waals surface area contributed by atoms with Crippen LogP contribution >= 0.6 is 0 Å². The van der Waals surface area contributed by atoms with Gasteiger partial charge in [-0.05, 0) is 59.7 Å². The number of unbranched alkanes of at least 4 members (excludes halogenated alkanes) is 1. The average Bonchev–Trinajstić information content (AvgIpc) is 2.44. The normalized spacial score (nSPS) is 24.3. The molecule has 0 aliphatic carbocycles. The van der Waals surface area contributed by atoms with Gasteiger partial charge >= 0.3 is 0 Å². The summed E-state index contributed by atoms with van der Waals surface area (Å²) in [5.74, 6) is 0. The Morgan fingerprint density at radius 1 is 1.42 bits per heavy atom. The van der Waals surface area contributed by atoms with Gasteiger partial charge in [-0.2, -0.15) is 0 Å². The van der Waals surface area contributed by atoms with Gasteiger partial charge in [0.2, 0.25) is 0 Å². The van der Waals surface area contributed by atoms with Crippen LogP contribution in [0, 0.1) is 0 Å². The van der Waals surface area contributed by atoms with Gasteiger partial charge in [-0.1, -0.05) is 6.42 Å². The Morgan fingerprint density at radius 3 is 2.84 bits per heavy atom. The number of nitrogens with zero attached hydrogens (tertiary/aromatic N) is 1. The Balaban J connectivity index is 2.15. The smallest absolute Gasteiger partial charge is 0.0702 e. The van der Waals surface area contributed by atoms with Crippen LogP contribution in [0.15, 0.2) is 0 Å². The highest BCUT2D eigenvalue weighted by molar-refractivity contribution is 4.80. The van der Waals surface area contributed by atoms with E-state index in [2.05, 4.69) is 24.1 Å². The lowest BCUT2D eigenvalue weighted by Gasteiger charge is -2.33. The number of rotatable bonds is 9. The van der Waals surface area contributed by atoms with Crippen molar-refractivity contribution in [3.63, 3.8) is 0 Å². The van der Waals surface area contributed by atoms with Crippen LogP contribution in [0.2, 0.25) is 0 Å². The number of hydrogen-bond acceptors (Lipinski definition) is 4. The molecule has 114 valence electrons. The van der Waals surface area contributed by atoms with E-state index in [-0.39, 0.29) is 12.1 Å². The third-order valence-corrected chi connectivity index (χ3v) is 4.27. The van der Waals surface area contributed by atoms with Crippen molar-refractivity contribution in [1.29, 1.82) is 0 Å². The van der Waals surface area contributed by atoms with E-state index in [1.807, 2.05) is 7.05 Å². The minimum atomic E-state index is -0.115. The molecule has 0 radical (unpaired) electrons. The fourth-order valence-corrected chi connectivity index (χ4v) is 2.72. The van der Waals surface area contributed by atoms with Gasteiger partial charge < -0.3 is 20.1 Å². The Hall–Kier alpha value is -0.160. The van der Waals surface area contributed by atoms with E-state index in [4.69, 9.17) is 4.74 Å². The highest BCUT2D eigenvalue weighted by atomic mass is 16.5. The van der Waals surface area contributed by atoms with Crippen LogP contribution in [0.25, 0.3) is 0 Å². The van der Waals surface area contributed by atoms with Crippen molar-refractivity contribution >= 4 is 0 Å². The number of aliphatic hydroxyl groups excluding tert-OH is 1. The van der Waals surface area contributed by atoms with Crippen molar-refractivity contribution < 1.29 is 9.84 Å². The van der Waals surface area contributed by atoms with Crippen molar-refractivity contribution in [2.75, 3.05) is 39.9 Å². The number of aliphatic hydroxyl groups is 1. The predicted octanol–water partition coefficient (Wildman–Crippen LogP) is 1.63. The first-order valence-corrected chi connectivity index (χ1v) is 7.77. The minimum Gasteiger partial charge on any atom is -0.394 e. The van der Waals surface area contributed by atoms with Crippen LogP contribution < -0.4 is 5.32 Å². The molecule has 0 spiro atoms. The van der Waals surface area contributed by atoms with Crippen LogP contribution in [0.3, 0.4) is 0 Å². The largest absolute Gasteiger partial charge is 0.394 e. The second-order valence-electron chi connectivity index (χ2n) is 5.95. The molecule has 1 heterocycles. The molecule has 4 nitrogen and oxygen atoms in total. The topological polar surface area (TPSA) is 44.7 Å². The fourth-order valence-electron chi connectivity index (χ4n) is 2.72. The molecule has 4 heteroatoms. The van der Waals surface area contributed by atoms with Crippen LogP contribution in [-0.2, 0) is 4.74 Å². The molecule has 1 aliphatic heterocycles. The molecule has 0 saturated carbocycles. The molecule has 1 aliphatic rings. The van der Waals surface area contributed by atoms with E-state index in [0.29, 0.717) is 6.10 Å². The first kappa shape index (κ1) is 16.9. The lowest BCUT2D eigenvalue weighted by atomic mass is 9.96. The summed E-state index contributed by atoms with van der Waals surface area (Å²) < 4.78 is 5.72. The van der Waals surface area contributed by atoms with E-state index in [1.54, 1.807) is 0 Å². The summed E-state index contributed by atoms with van der Waals surface area (Å²) in [7, 11) is 1.92. The van der Waals surface area contributed by atoms with Crippen molar-refractivity contribution in [2.24, 2.45) is 0 Å². The Kier molecular flexibility index (Phi) is 7.91. The highest BCUT2D eigenvalue weighted by Crippen LogP contribution is 2.16. The highest BCUT2D eigenvalue weighted by Gasteiger charge is 2.21. The molecule has 0 bridgehead atoms. The number of likely N-dealkylation sites (tertiary alicyclic amines) is 1. The summed E-state index contributed by atoms with van der Waals surface area (Å²) in [6.45, 7) is 8.67. The molecule has 0 aromatic heterocycles. The fraction of sp³-hybridized carbons (Fsp3) is 1.00. The van der Waals surface area contributed by atoms with Gasteiger partial charge in [0, 0.05) is 18.7 Å². The van der Waals surface area contributed by atoms with Gasteiger partial charge in [0.1, 0.15) is 0 Å². The summed E-state index contributed by atoms with van der Waals surface area (Å²) in [5, 5.41) is 12.5. The zero-order chi connectivity index (χ0) is 14.1. The maximum atomic E-state index is 9.34. The van der Waals surface area contributed by atoms with E-state index in [9.17, 15) is 5.11 Å². The number of hydrogen-bond donors (Lipinski definition) is 2. The molecule has 2 atom stereocenters. The monoisotopic (exact) mass is 272 g/mol. The maximum absolute atomic E-state index is 9.34. The molecule has 0 aromatic rings. The molecule has 0 amide bonds. The lowest BCUT2D eigenvalue weighted by Crippen LogP contribution is -2.43. The van der Waals surface area contributed by atoms with Crippen LogP contribution in [0.4, 0.5) is 0 Å². The van der Waals surface area contributed by atoms with E-state index < -0.39 is 0 Å². The van der Waals surface area contributed by atoms with Crippen LogP contribution in [0.5, 0.6) is 0 Å². The second-order valence-corrected chi connectivity index (χ2v) is 5.95. The standard InChI is InChI=1S/C15H32N2O2/c1-4-19-14-8-7-11-17(12-14)10-6-5-9-15(2,13-18)16-3/h14,16,18H,4-13H2,1-3H3. The average molecular weight is 272 g/mol. The van der Waals surface area contributed by atoms with Crippen LogP contribution in [-0.4, -0.2) is 61.5 Å². The molecule has 1 fully saturated rings. The van der Waals surface area contributed by atoms with E-state index >= 15 is 0 Å². The van der Waals surface area contributed by atoms with Gasteiger partial charge in [0.05, 0.1) is 12.7 Å². The lowest BCUT2D eigenvalue weighted by molar-refractivity contribution is 0.00541. The van der Waals surface area contributed by atoms with Crippen LogP contribution in [0.1, 0.15) is 46.0 Å². The third-order valence-electron chi connectivity index (χ3n) is 4.27. The zero-order valence-corrected chi connectivity index (χ0v) is 13.0. The predicted molar refractivity (Wildman–Crippen MR) is 79.5 cm³/mol. The number of nitrogens with one attached hydrogen (secondary N) is 1. The molecule has 1 saturated heterocycles. The summed E-state index contributed by atoms with van der Waals surface area (Å²) in [6.07, 6.45) is 6.31. The van der Waals surface area contributed by atoms with Crippen molar-refractivity contribution in [1.82, 2.24) is 10.2 Å². The Morgan fingerprint density at radius 2 is 2.21 bits per heavy atom. The Bertz CT molecular complexity index is 230. The summed E-state index contributed by atoms with van der Waals surface area (Å²) in [4.78, 5) is 2.53. The second kappa shape index (κ2) is 8.90. The SMILES string of the molecule is CCOC1CCCN(CCCCC(C)(CO)NC)C1. The van der Waals surface area contributed by atoms with E-state index in [1.165, 1.54) is 25.8 Å². The number of piperidine rings is 1. The maximum Gasteiger partial charge on any atom is 0.0702 e. The first-order valence-electron chi connectivity index (χ1n) is 7.77. The van der Waals surface area contributed by atoms with Gasteiger partial charge in [-0.15, -0.1) is 0 Å². The molecule has 0 aromatic carbocycles. The Labute approximate surface area is 118 Å². The quantitative estimate of drug-likeness (QED) is 0.626. The van der Waals surface area contributed by atoms with Crippen molar-refractivity contribution in [3.05, 3.63) is 0 Å². The summed E-state index contributed by atoms with van der Waals surface area (Å²) in [5.41, 5.74) is -0.115. The molecular formula is C15H32N2O2. The van der Waals surface area contributed by atoms with Crippen molar-refractivity contribution in [2.45, 2.75) is 57.6 Å². The van der Waals surface area contributed by atoms with Crippen molar-refractivity contribution in [3.8, 4) is 0 Å². The molecular weight excluding hydrogens is 240 g/mol. The first-order chi connectivity index (χ1) is 9.13. The zero-order valence-electron chi connectivity index (χ0n) is 13.0. The molecule has 2 unspecified atom stereocenters.